The maximum atomic E-state index is 12.9. The number of hydrogen-bond donors (Lipinski definition) is 0. The molecule has 0 saturated heterocycles. The normalized spacial score (nSPS) is 14.8. The molecular weight excluding hydrogens is 251 g/mol. The van der Waals surface area contributed by atoms with E-state index in [1.54, 1.807) is 12.1 Å². The van der Waals surface area contributed by atoms with Crippen molar-refractivity contribution in [3.05, 3.63) is 71.0 Å². The van der Waals surface area contributed by atoms with Crippen LogP contribution >= 0.6 is 0 Å². The third-order valence-corrected chi connectivity index (χ3v) is 4.08. The van der Waals surface area contributed by atoms with Gasteiger partial charge in [-0.15, -0.1) is 0 Å². The van der Waals surface area contributed by atoms with Crippen LogP contribution in [0.4, 0.5) is 4.39 Å². The SMILES string of the molecule is O=C(Cc1ccc(F)cc1)c1ccccc1C1CCC1. The van der Waals surface area contributed by atoms with Gasteiger partial charge in [-0.25, -0.2) is 4.39 Å². The Bertz CT molecular complexity index is 612. The number of benzene rings is 2. The van der Waals surface area contributed by atoms with E-state index in [9.17, 15) is 9.18 Å². The Hall–Kier alpha value is -1.96. The van der Waals surface area contributed by atoms with E-state index in [-0.39, 0.29) is 11.6 Å². The van der Waals surface area contributed by atoms with Gasteiger partial charge in [0.2, 0.25) is 0 Å². The summed E-state index contributed by atoms with van der Waals surface area (Å²) in [5, 5.41) is 0. The molecule has 2 aromatic carbocycles. The summed E-state index contributed by atoms with van der Waals surface area (Å²) in [6, 6.07) is 14.1. The van der Waals surface area contributed by atoms with Crippen LogP contribution in [0.25, 0.3) is 0 Å². The van der Waals surface area contributed by atoms with Crippen LogP contribution in [-0.2, 0) is 6.42 Å². The molecule has 102 valence electrons. The van der Waals surface area contributed by atoms with Crippen molar-refractivity contribution < 1.29 is 9.18 Å². The first-order chi connectivity index (χ1) is 9.74. The van der Waals surface area contributed by atoms with Gasteiger partial charge in [0.05, 0.1) is 0 Å². The van der Waals surface area contributed by atoms with Crippen molar-refractivity contribution >= 4 is 5.78 Å². The summed E-state index contributed by atoms with van der Waals surface area (Å²) in [5.41, 5.74) is 2.88. The molecule has 1 aliphatic rings. The molecule has 1 aliphatic carbocycles. The van der Waals surface area contributed by atoms with Crippen molar-refractivity contribution in [2.75, 3.05) is 0 Å². The van der Waals surface area contributed by atoms with Crippen LogP contribution in [0, 0.1) is 5.82 Å². The minimum absolute atomic E-state index is 0.124. The van der Waals surface area contributed by atoms with Crippen LogP contribution in [0.1, 0.15) is 46.7 Å². The lowest BCUT2D eigenvalue weighted by atomic mass is 9.77. The van der Waals surface area contributed by atoms with Gasteiger partial charge in [-0.3, -0.25) is 4.79 Å². The molecule has 0 radical (unpaired) electrons. The number of carbonyl (C=O) groups excluding carboxylic acids is 1. The van der Waals surface area contributed by atoms with Gasteiger partial charge in [-0.1, -0.05) is 42.8 Å². The number of ketones is 1. The summed E-state index contributed by atoms with van der Waals surface area (Å²) < 4.78 is 12.9. The first-order valence-corrected chi connectivity index (χ1v) is 7.10. The standard InChI is InChI=1S/C18H17FO/c19-15-10-8-13(9-11-15)12-18(20)17-7-2-1-6-16(17)14-4-3-5-14/h1-2,6-11,14H,3-5,12H2. The lowest BCUT2D eigenvalue weighted by molar-refractivity contribution is 0.0991. The van der Waals surface area contributed by atoms with E-state index < -0.39 is 0 Å². The topological polar surface area (TPSA) is 17.1 Å². The Morgan fingerprint density at radius 2 is 1.75 bits per heavy atom. The van der Waals surface area contributed by atoms with E-state index in [4.69, 9.17) is 0 Å². The van der Waals surface area contributed by atoms with Crippen molar-refractivity contribution in [3.8, 4) is 0 Å². The molecule has 0 heterocycles. The zero-order valence-electron chi connectivity index (χ0n) is 11.3. The van der Waals surface area contributed by atoms with E-state index in [1.807, 2.05) is 18.2 Å². The smallest absolute Gasteiger partial charge is 0.167 e. The number of halogens is 1. The van der Waals surface area contributed by atoms with Gasteiger partial charge in [0, 0.05) is 12.0 Å². The Balaban J connectivity index is 1.81. The summed E-state index contributed by atoms with van der Waals surface area (Å²) in [6.07, 6.45) is 3.96. The van der Waals surface area contributed by atoms with E-state index in [2.05, 4.69) is 6.07 Å². The van der Waals surface area contributed by atoms with E-state index in [0.717, 1.165) is 11.1 Å². The first kappa shape index (κ1) is 13.0. The fourth-order valence-electron chi connectivity index (χ4n) is 2.71. The first-order valence-electron chi connectivity index (χ1n) is 7.10. The van der Waals surface area contributed by atoms with Crippen LogP contribution in [0.15, 0.2) is 48.5 Å². The van der Waals surface area contributed by atoms with Gasteiger partial charge in [-0.05, 0) is 42.0 Å². The molecule has 2 heteroatoms. The summed E-state index contributed by atoms with van der Waals surface area (Å²) in [4.78, 5) is 12.5. The highest BCUT2D eigenvalue weighted by Crippen LogP contribution is 2.38. The average molecular weight is 268 g/mol. The summed E-state index contributed by atoms with van der Waals surface area (Å²) in [5.74, 6) is 0.401. The van der Waals surface area contributed by atoms with Gasteiger partial charge in [0.1, 0.15) is 5.82 Å². The zero-order valence-corrected chi connectivity index (χ0v) is 11.3. The second kappa shape index (κ2) is 5.58. The Morgan fingerprint density at radius 1 is 1.05 bits per heavy atom. The molecule has 1 nitrogen and oxygen atoms in total. The maximum absolute atomic E-state index is 12.9. The maximum Gasteiger partial charge on any atom is 0.167 e. The Morgan fingerprint density at radius 3 is 2.40 bits per heavy atom. The number of hydrogen-bond acceptors (Lipinski definition) is 1. The predicted molar refractivity (Wildman–Crippen MR) is 77.5 cm³/mol. The molecule has 0 amide bonds. The number of rotatable bonds is 4. The molecule has 1 fully saturated rings. The molecule has 0 atom stereocenters. The van der Waals surface area contributed by atoms with Crippen molar-refractivity contribution in [2.24, 2.45) is 0 Å². The third-order valence-electron chi connectivity index (χ3n) is 4.08. The Kier molecular flexibility index (Phi) is 3.64. The molecule has 3 rings (SSSR count). The Labute approximate surface area is 118 Å². The van der Waals surface area contributed by atoms with Crippen molar-refractivity contribution in [1.82, 2.24) is 0 Å². The largest absolute Gasteiger partial charge is 0.294 e. The number of Topliss-reactive ketones (excluding diaryl/α,β-unsaturated/α-hetero) is 1. The predicted octanol–water partition coefficient (Wildman–Crippen LogP) is 4.52. The van der Waals surface area contributed by atoms with Crippen molar-refractivity contribution in [1.29, 1.82) is 0 Å². The monoisotopic (exact) mass is 268 g/mol. The number of carbonyl (C=O) groups is 1. The average Bonchev–Trinajstić information content (AvgIpc) is 2.40. The molecule has 0 spiro atoms. The summed E-state index contributed by atoms with van der Waals surface area (Å²) in [6.45, 7) is 0. The van der Waals surface area contributed by atoms with Crippen LogP contribution in [-0.4, -0.2) is 5.78 Å². The van der Waals surface area contributed by atoms with Gasteiger partial charge in [-0.2, -0.15) is 0 Å². The molecule has 0 unspecified atom stereocenters. The highest BCUT2D eigenvalue weighted by Gasteiger charge is 2.23. The second-order valence-electron chi connectivity index (χ2n) is 5.44. The van der Waals surface area contributed by atoms with Crippen LogP contribution < -0.4 is 0 Å². The summed E-state index contributed by atoms with van der Waals surface area (Å²) >= 11 is 0. The molecule has 0 aliphatic heterocycles. The fourth-order valence-corrected chi connectivity index (χ4v) is 2.71. The second-order valence-corrected chi connectivity index (χ2v) is 5.44. The lowest BCUT2D eigenvalue weighted by Gasteiger charge is -2.27. The van der Waals surface area contributed by atoms with Gasteiger partial charge in [0.25, 0.3) is 0 Å². The minimum atomic E-state index is -0.268. The molecule has 20 heavy (non-hydrogen) atoms. The summed E-state index contributed by atoms with van der Waals surface area (Å²) in [7, 11) is 0. The van der Waals surface area contributed by atoms with Crippen molar-refractivity contribution in [2.45, 2.75) is 31.6 Å². The fraction of sp³-hybridized carbons (Fsp3) is 0.278. The molecule has 2 aromatic rings. The zero-order chi connectivity index (χ0) is 13.9. The van der Waals surface area contributed by atoms with Gasteiger partial charge in [0.15, 0.2) is 5.78 Å². The highest BCUT2D eigenvalue weighted by molar-refractivity contribution is 5.99. The van der Waals surface area contributed by atoms with Crippen molar-refractivity contribution in [3.63, 3.8) is 0 Å². The quantitative estimate of drug-likeness (QED) is 0.745. The highest BCUT2D eigenvalue weighted by atomic mass is 19.1. The third kappa shape index (κ3) is 2.64. The van der Waals surface area contributed by atoms with Gasteiger partial charge < -0.3 is 0 Å². The van der Waals surface area contributed by atoms with Gasteiger partial charge >= 0.3 is 0 Å². The molecular formula is C18H17FO. The molecule has 1 saturated carbocycles. The molecule has 0 bridgehead atoms. The minimum Gasteiger partial charge on any atom is -0.294 e. The van der Waals surface area contributed by atoms with Crippen LogP contribution in [0.3, 0.4) is 0 Å². The van der Waals surface area contributed by atoms with E-state index >= 15 is 0 Å². The van der Waals surface area contributed by atoms with E-state index in [0.29, 0.717) is 12.3 Å². The van der Waals surface area contributed by atoms with Crippen LogP contribution in [0.2, 0.25) is 0 Å². The lowest BCUT2D eigenvalue weighted by Crippen LogP contribution is -2.15. The molecule has 0 aromatic heterocycles. The molecule has 0 N–H and O–H groups in total. The van der Waals surface area contributed by atoms with Crippen LogP contribution in [0.5, 0.6) is 0 Å². The van der Waals surface area contributed by atoms with E-state index in [1.165, 1.54) is 37.0 Å².